The van der Waals surface area contributed by atoms with Gasteiger partial charge in [-0.1, -0.05) is 0 Å². The van der Waals surface area contributed by atoms with E-state index in [0.29, 0.717) is 26.4 Å². The lowest BCUT2D eigenvalue weighted by Crippen LogP contribution is -2.59. The van der Waals surface area contributed by atoms with Gasteiger partial charge in [0.25, 0.3) is 0 Å². The number of carbonyl (C=O) groups excluding carboxylic acids is 2. The Morgan fingerprint density at radius 3 is 2.94 bits per heavy atom. The first-order valence-electron chi connectivity index (χ1n) is 6.53. The summed E-state index contributed by atoms with van der Waals surface area (Å²) in [5.41, 5.74) is 0. The van der Waals surface area contributed by atoms with Crippen LogP contribution in [0.3, 0.4) is 0 Å². The van der Waals surface area contributed by atoms with Crippen molar-refractivity contribution >= 4 is 11.8 Å². The predicted octanol–water partition coefficient (Wildman–Crippen LogP) is -0.765. The summed E-state index contributed by atoms with van der Waals surface area (Å²) in [5.74, 6) is 0.134. The molecule has 0 bridgehead atoms. The van der Waals surface area contributed by atoms with Gasteiger partial charge < -0.3 is 19.3 Å². The molecule has 2 atom stereocenters. The average Bonchev–Trinajstić information content (AvgIpc) is 2.87. The predicted molar refractivity (Wildman–Crippen MR) is 61.9 cm³/mol. The van der Waals surface area contributed by atoms with Gasteiger partial charge in [0, 0.05) is 13.1 Å². The number of ether oxygens (including phenoxy) is 2. The van der Waals surface area contributed by atoms with E-state index in [1.165, 1.54) is 0 Å². The minimum atomic E-state index is -0.226. The van der Waals surface area contributed by atoms with Gasteiger partial charge >= 0.3 is 0 Å². The first kappa shape index (κ1) is 11.9. The zero-order valence-corrected chi connectivity index (χ0v) is 10.3. The molecule has 3 rings (SSSR count). The Labute approximate surface area is 106 Å². The molecule has 3 heterocycles. The van der Waals surface area contributed by atoms with Crippen molar-refractivity contribution in [3.8, 4) is 0 Å². The van der Waals surface area contributed by atoms with E-state index in [1.807, 2.05) is 0 Å². The number of rotatable bonds is 2. The molecular weight excluding hydrogens is 236 g/mol. The molecule has 0 saturated carbocycles. The lowest BCUT2D eigenvalue weighted by molar-refractivity contribution is -0.158. The van der Waals surface area contributed by atoms with E-state index in [2.05, 4.69) is 0 Å². The molecule has 3 saturated heterocycles. The Bertz CT molecular complexity index is 354. The highest BCUT2D eigenvalue weighted by Crippen LogP contribution is 2.24. The van der Waals surface area contributed by atoms with Crippen molar-refractivity contribution in [3.05, 3.63) is 0 Å². The van der Waals surface area contributed by atoms with Gasteiger partial charge in [-0.2, -0.15) is 0 Å². The summed E-state index contributed by atoms with van der Waals surface area (Å²) >= 11 is 0. The topological polar surface area (TPSA) is 59.1 Å². The molecule has 0 radical (unpaired) electrons. The number of fused-ring (bicyclic) bond motifs is 1. The smallest absolute Gasteiger partial charge is 0.245 e. The molecule has 6 heteroatoms. The van der Waals surface area contributed by atoms with Crippen molar-refractivity contribution in [2.75, 3.05) is 39.5 Å². The van der Waals surface area contributed by atoms with Crippen molar-refractivity contribution < 1.29 is 19.1 Å². The summed E-state index contributed by atoms with van der Waals surface area (Å²) in [7, 11) is 0. The van der Waals surface area contributed by atoms with Crippen LogP contribution in [-0.2, 0) is 19.1 Å². The lowest BCUT2D eigenvalue weighted by atomic mass is 10.1. The van der Waals surface area contributed by atoms with E-state index in [4.69, 9.17) is 9.47 Å². The Morgan fingerprint density at radius 1 is 1.28 bits per heavy atom. The minimum absolute atomic E-state index is 0.0637. The van der Waals surface area contributed by atoms with Gasteiger partial charge in [0.15, 0.2) is 0 Å². The van der Waals surface area contributed by atoms with Crippen LogP contribution in [0.25, 0.3) is 0 Å². The van der Waals surface area contributed by atoms with E-state index in [1.54, 1.807) is 9.80 Å². The summed E-state index contributed by atoms with van der Waals surface area (Å²) in [4.78, 5) is 27.5. The first-order valence-corrected chi connectivity index (χ1v) is 6.53. The summed E-state index contributed by atoms with van der Waals surface area (Å²) in [6, 6.07) is -0.226. The maximum Gasteiger partial charge on any atom is 0.245 e. The standard InChI is InChI=1S/C12H18N2O4/c15-11-7-13(6-9-8-17-4-5-18-9)12(16)10-2-1-3-14(10)11/h9-10H,1-8H2. The number of hydrogen-bond acceptors (Lipinski definition) is 4. The highest BCUT2D eigenvalue weighted by Gasteiger charge is 2.42. The van der Waals surface area contributed by atoms with Crippen molar-refractivity contribution in [2.24, 2.45) is 0 Å². The Balaban J connectivity index is 1.65. The fraction of sp³-hybridized carbons (Fsp3) is 0.833. The molecule has 0 spiro atoms. The maximum absolute atomic E-state index is 12.3. The number of carbonyl (C=O) groups is 2. The summed E-state index contributed by atoms with van der Waals surface area (Å²) < 4.78 is 10.8. The van der Waals surface area contributed by atoms with E-state index in [-0.39, 0.29) is 30.5 Å². The fourth-order valence-corrected chi connectivity index (χ4v) is 2.91. The lowest BCUT2D eigenvalue weighted by Gasteiger charge is -2.38. The van der Waals surface area contributed by atoms with Crippen LogP contribution in [0.2, 0.25) is 0 Å². The molecule has 0 aromatic rings. The molecule has 18 heavy (non-hydrogen) atoms. The van der Waals surface area contributed by atoms with Crippen LogP contribution >= 0.6 is 0 Å². The minimum Gasteiger partial charge on any atom is -0.376 e. The molecule has 0 aliphatic carbocycles. The van der Waals surface area contributed by atoms with E-state index in [0.717, 1.165) is 19.4 Å². The normalized spacial score (nSPS) is 32.9. The van der Waals surface area contributed by atoms with Gasteiger partial charge in [-0.3, -0.25) is 9.59 Å². The third-order valence-electron chi connectivity index (χ3n) is 3.80. The maximum atomic E-state index is 12.3. The van der Waals surface area contributed by atoms with Crippen LogP contribution in [0, 0.1) is 0 Å². The molecule has 2 unspecified atom stereocenters. The molecule has 100 valence electrons. The van der Waals surface area contributed by atoms with Gasteiger partial charge in [-0.15, -0.1) is 0 Å². The molecule has 3 aliphatic rings. The number of hydrogen-bond donors (Lipinski definition) is 0. The zero-order valence-electron chi connectivity index (χ0n) is 10.3. The Morgan fingerprint density at radius 2 is 2.17 bits per heavy atom. The highest BCUT2D eigenvalue weighted by molar-refractivity contribution is 5.95. The largest absolute Gasteiger partial charge is 0.376 e. The van der Waals surface area contributed by atoms with Crippen molar-refractivity contribution in [3.63, 3.8) is 0 Å². The molecule has 6 nitrogen and oxygen atoms in total. The van der Waals surface area contributed by atoms with E-state index in [9.17, 15) is 9.59 Å². The van der Waals surface area contributed by atoms with Gasteiger partial charge in [-0.05, 0) is 12.8 Å². The SMILES string of the molecule is O=C1C2CCCN2C(=O)CN1CC1COCCO1. The third-order valence-corrected chi connectivity index (χ3v) is 3.80. The van der Waals surface area contributed by atoms with Gasteiger partial charge in [0.05, 0.1) is 32.5 Å². The average molecular weight is 254 g/mol. The van der Waals surface area contributed by atoms with Crippen LogP contribution in [0.1, 0.15) is 12.8 Å². The van der Waals surface area contributed by atoms with Crippen LogP contribution < -0.4 is 0 Å². The van der Waals surface area contributed by atoms with Crippen molar-refractivity contribution in [1.29, 1.82) is 0 Å². The summed E-state index contributed by atoms with van der Waals surface area (Å²) in [6.45, 7) is 3.07. The second-order valence-electron chi connectivity index (χ2n) is 5.03. The Hall–Kier alpha value is -1.14. The van der Waals surface area contributed by atoms with E-state index >= 15 is 0 Å². The number of piperazine rings is 1. The molecule has 0 aromatic carbocycles. The fourth-order valence-electron chi connectivity index (χ4n) is 2.91. The van der Waals surface area contributed by atoms with E-state index < -0.39 is 0 Å². The second kappa shape index (κ2) is 4.85. The zero-order chi connectivity index (χ0) is 12.5. The summed E-state index contributed by atoms with van der Waals surface area (Å²) in [5, 5.41) is 0. The molecule has 0 N–H and O–H groups in total. The van der Waals surface area contributed by atoms with Crippen LogP contribution in [0.5, 0.6) is 0 Å². The number of nitrogens with zero attached hydrogens (tertiary/aromatic N) is 2. The van der Waals surface area contributed by atoms with Crippen molar-refractivity contribution in [1.82, 2.24) is 9.80 Å². The third kappa shape index (κ3) is 2.10. The second-order valence-corrected chi connectivity index (χ2v) is 5.03. The van der Waals surface area contributed by atoms with Crippen LogP contribution in [0.15, 0.2) is 0 Å². The Kier molecular flexibility index (Phi) is 3.22. The first-order chi connectivity index (χ1) is 8.75. The monoisotopic (exact) mass is 254 g/mol. The molecule has 2 amide bonds. The molecule has 3 fully saturated rings. The van der Waals surface area contributed by atoms with Crippen molar-refractivity contribution in [2.45, 2.75) is 25.0 Å². The van der Waals surface area contributed by atoms with Crippen LogP contribution in [0.4, 0.5) is 0 Å². The summed E-state index contributed by atoms with van der Waals surface area (Å²) in [6.07, 6.45) is 1.63. The highest BCUT2D eigenvalue weighted by atomic mass is 16.6. The van der Waals surface area contributed by atoms with Gasteiger partial charge in [0.2, 0.25) is 11.8 Å². The quantitative estimate of drug-likeness (QED) is 0.649. The molecule has 3 aliphatic heterocycles. The molecular formula is C12H18N2O4. The van der Waals surface area contributed by atoms with Gasteiger partial charge in [-0.25, -0.2) is 0 Å². The van der Waals surface area contributed by atoms with Crippen LogP contribution in [-0.4, -0.2) is 73.2 Å². The van der Waals surface area contributed by atoms with Gasteiger partial charge in [0.1, 0.15) is 6.04 Å². The molecule has 0 aromatic heterocycles. The number of amides is 2.